The van der Waals surface area contributed by atoms with Gasteiger partial charge in [-0.15, -0.1) is 0 Å². The Labute approximate surface area is 68.1 Å². The third kappa shape index (κ3) is 5.85. The summed E-state index contributed by atoms with van der Waals surface area (Å²) in [4.78, 5) is 10.9. The van der Waals surface area contributed by atoms with Gasteiger partial charge in [0.25, 0.3) is 0 Å². The third-order valence-electron chi connectivity index (χ3n) is 1.43. The molecule has 0 saturated heterocycles. The van der Waals surface area contributed by atoms with Gasteiger partial charge < -0.3 is 10.1 Å². The summed E-state index contributed by atoms with van der Waals surface area (Å²) in [5.41, 5.74) is 0. The smallest absolute Gasteiger partial charge is 0.320 e. The first kappa shape index (κ1) is 10.4. The van der Waals surface area contributed by atoms with Crippen LogP contribution in [0.15, 0.2) is 0 Å². The average molecular weight is 159 g/mol. The molecule has 0 aliphatic rings. The maximum Gasteiger partial charge on any atom is 0.320 e. The van der Waals surface area contributed by atoms with E-state index in [0.717, 1.165) is 13.0 Å². The number of hydrogen-bond acceptors (Lipinski definition) is 3. The first-order valence-electron chi connectivity index (χ1n) is 4.10. The van der Waals surface area contributed by atoms with E-state index >= 15 is 0 Å². The molecule has 0 radical (unpaired) electrons. The Morgan fingerprint density at radius 3 is 2.64 bits per heavy atom. The van der Waals surface area contributed by atoms with Gasteiger partial charge in [0.2, 0.25) is 0 Å². The minimum absolute atomic E-state index is 0.0427. The van der Waals surface area contributed by atoms with Gasteiger partial charge in [0.05, 0.1) is 12.6 Å². The minimum atomic E-state index is -0.166. The summed E-state index contributed by atoms with van der Waals surface area (Å²) in [6.45, 7) is 6.96. The quantitative estimate of drug-likeness (QED) is 0.607. The van der Waals surface area contributed by atoms with Crippen LogP contribution < -0.4 is 5.32 Å². The van der Waals surface area contributed by atoms with Gasteiger partial charge in [0.15, 0.2) is 0 Å². The van der Waals surface area contributed by atoms with Crippen LogP contribution in [0.3, 0.4) is 0 Å². The highest BCUT2D eigenvalue weighted by Gasteiger charge is 2.05. The summed E-state index contributed by atoms with van der Waals surface area (Å²) in [7, 11) is 0. The molecule has 0 amide bonds. The summed E-state index contributed by atoms with van der Waals surface area (Å²) < 4.78 is 5.00. The molecule has 1 atom stereocenters. The topological polar surface area (TPSA) is 38.3 Å². The van der Waals surface area contributed by atoms with Gasteiger partial charge in [-0.3, -0.25) is 4.79 Å². The van der Waals surface area contributed by atoms with E-state index in [2.05, 4.69) is 5.32 Å². The molecule has 1 unspecified atom stereocenters. The number of ether oxygens (including phenoxy) is 1. The van der Waals surface area contributed by atoms with Crippen LogP contribution in [-0.4, -0.2) is 25.2 Å². The van der Waals surface area contributed by atoms with Crippen molar-refractivity contribution in [2.45, 2.75) is 33.3 Å². The zero-order valence-electron chi connectivity index (χ0n) is 7.52. The van der Waals surface area contributed by atoms with Crippen molar-refractivity contribution in [1.82, 2.24) is 5.32 Å². The Hall–Kier alpha value is -0.570. The van der Waals surface area contributed by atoms with Gasteiger partial charge >= 0.3 is 5.97 Å². The fourth-order valence-corrected chi connectivity index (χ4v) is 0.576. The van der Waals surface area contributed by atoms with Gasteiger partial charge in [-0.25, -0.2) is 0 Å². The third-order valence-corrected chi connectivity index (χ3v) is 1.43. The highest BCUT2D eigenvalue weighted by molar-refractivity contribution is 5.71. The molecule has 0 aliphatic heterocycles. The van der Waals surface area contributed by atoms with Crippen LogP contribution in [0.2, 0.25) is 0 Å². The van der Waals surface area contributed by atoms with Crippen molar-refractivity contribution in [2.24, 2.45) is 0 Å². The zero-order valence-corrected chi connectivity index (χ0v) is 7.52. The molecule has 1 N–H and O–H groups in total. The molecule has 0 aromatic heterocycles. The van der Waals surface area contributed by atoms with E-state index in [1.54, 1.807) is 0 Å². The standard InChI is InChI=1S/C8H17NO2/c1-4-7(3)11-8(10)6-9-5-2/h7,9H,4-6H2,1-3H3. The first-order valence-corrected chi connectivity index (χ1v) is 4.10. The van der Waals surface area contributed by atoms with E-state index < -0.39 is 0 Å². The first-order chi connectivity index (χ1) is 5.20. The SMILES string of the molecule is CCNCC(=O)OC(C)CC. The van der Waals surface area contributed by atoms with Crippen molar-refractivity contribution in [1.29, 1.82) is 0 Å². The van der Waals surface area contributed by atoms with E-state index in [-0.39, 0.29) is 12.1 Å². The lowest BCUT2D eigenvalue weighted by atomic mass is 10.3. The van der Waals surface area contributed by atoms with Crippen LogP contribution in [-0.2, 0) is 9.53 Å². The van der Waals surface area contributed by atoms with Crippen molar-refractivity contribution in [3.63, 3.8) is 0 Å². The van der Waals surface area contributed by atoms with Gasteiger partial charge in [-0.1, -0.05) is 13.8 Å². The second-order valence-corrected chi connectivity index (χ2v) is 2.49. The predicted molar refractivity (Wildman–Crippen MR) is 44.4 cm³/mol. The van der Waals surface area contributed by atoms with Gasteiger partial charge in [-0.05, 0) is 19.9 Å². The predicted octanol–water partition coefficient (Wildman–Crippen LogP) is 0.938. The van der Waals surface area contributed by atoms with Gasteiger partial charge in [0, 0.05) is 0 Å². The van der Waals surface area contributed by atoms with Crippen molar-refractivity contribution >= 4 is 5.97 Å². The van der Waals surface area contributed by atoms with E-state index in [0.29, 0.717) is 6.54 Å². The van der Waals surface area contributed by atoms with Crippen molar-refractivity contribution in [3.8, 4) is 0 Å². The Bertz CT molecular complexity index is 115. The molecule has 3 heteroatoms. The summed E-state index contributed by atoms with van der Waals surface area (Å²) in [6.07, 6.45) is 0.916. The maximum absolute atomic E-state index is 10.9. The molecular formula is C8H17NO2. The van der Waals surface area contributed by atoms with Crippen molar-refractivity contribution < 1.29 is 9.53 Å². The molecule has 0 spiro atoms. The zero-order chi connectivity index (χ0) is 8.69. The summed E-state index contributed by atoms with van der Waals surface area (Å²) in [6, 6.07) is 0. The summed E-state index contributed by atoms with van der Waals surface area (Å²) in [5, 5.41) is 2.90. The number of rotatable bonds is 5. The highest BCUT2D eigenvalue weighted by atomic mass is 16.5. The number of hydrogen-bond donors (Lipinski definition) is 1. The van der Waals surface area contributed by atoms with Crippen molar-refractivity contribution in [2.75, 3.05) is 13.1 Å². The normalized spacial score (nSPS) is 12.6. The maximum atomic E-state index is 10.9. The van der Waals surface area contributed by atoms with Gasteiger partial charge in [-0.2, -0.15) is 0 Å². The number of esters is 1. The lowest BCUT2D eigenvalue weighted by molar-refractivity contribution is -0.147. The molecule has 66 valence electrons. The second kappa shape index (κ2) is 6.16. The Morgan fingerprint density at radius 2 is 2.18 bits per heavy atom. The van der Waals surface area contributed by atoms with E-state index in [1.165, 1.54) is 0 Å². The highest BCUT2D eigenvalue weighted by Crippen LogP contribution is 1.94. The second-order valence-electron chi connectivity index (χ2n) is 2.49. The van der Waals surface area contributed by atoms with Crippen molar-refractivity contribution in [3.05, 3.63) is 0 Å². The molecule has 11 heavy (non-hydrogen) atoms. The van der Waals surface area contributed by atoms with Gasteiger partial charge in [0.1, 0.15) is 0 Å². The van der Waals surface area contributed by atoms with Crippen LogP contribution in [0.5, 0.6) is 0 Å². The molecule has 0 aliphatic carbocycles. The number of nitrogens with one attached hydrogen (secondary N) is 1. The molecule has 0 aromatic rings. The lowest BCUT2D eigenvalue weighted by Gasteiger charge is -2.10. The average Bonchev–Trinajstić information content (AvgIpc) is 2.00. The molecule has 0 rings (SSSR count). The monoisotopic (exact) mass is 159 g/mol. The molecular weight excluding hydrogens is 142 g/mol. The van der Waals surface area contributed by atoms with Crippen LogP contribution in [0.4, 0.5) is 0 Å². The van der Waals surface area contributed by atoms with Crippen LogP contribution in [0, 0.1) is 0 Å². The van der Waals surface area contributed by atoms with Crippen LogP contribution >= 0.6 is 0 Å². The molecule has 0 aromatic carbocycles. The van der Waals surface area contributed by atoms with E-state index in [9.17, 15) is 4.79 Å². The number of carbonyl (C=O) groups is 1. The summed E-state index contributed by atoms with van der Waals surface area (Å²) in [5.74, 6) is -0.166. The molecule has 0 saturated carbocycles. The molecule has 0 heterocycles. The largest absolute Gasteiger partial charge is 0.462 e. The summed E-state index contributed by atoms with van der Waals surface area (Å²) >= 11 is 0. The minimum Gasteiger partial charge on any atom is -0.462 e. The van der Waals surface area contributed by atoms with Crippen LogP contribution in [0.25, 0.3) is 0 Å². The van der Waals surface area contributed by atoms with E-state index in [1.807, 2.05) is 20.8 Å². The fourth-order valence-electron chi connectivity index (χ4n) is 0.576. The Kier molecular flexibility index (Phi) is 5.84. The molecule has 3 nitrogen and oxygen atoms in total. The fraction of sp³-hybridized carbons (Fsp3) is 0.875. The Balaban J connectivity index is 3.36. The number of carbonyl (C=O) groups excluding carboxylic acids is 1. The molecule has 0 fully saturated rings. The number of likely N-dealkylation sites (N-methyl/N-ethyl adjacent to an activating group) is 1. The Morgan fingerprint density at radius 1 is 1.55 bits per heavy atom. The molecule has 0 bridgehead atoms. The van der Waals surface area contributed by atoms with Crippen LogP contribution in [0.1, 0.15) is 27.2 Å². The van der Waals surface area contributed by atoms with E-state index in [4.69, 9.17) is 4.74 Å². The lowest BCUT2D eigenvalue weighted by Crippen LogP contribution is -2.26.